The number of nitrogens with one attached hydrogen (secondary N) is 1. The Kier molecular flexibility index (Phi) is 5.35. The van der Waals surface area contributed by atoms with Crippen LogP contribution >= 0.6 is 0 Å². The maximum atomic E-state index is 13.6. The highest BCUT2D eigenvalue weighted by Crippen LogP contribution is 2.69. The molecule has 4 aliphatic rings. The van der Waals surface area contributed by atoms with E-state index in [1.165, 1.54) is 6.07 Å². The Bertz CT molecular complexity index is 1160. The number of benzene rings is 2. The highest BCUT2D eigenvalue weighted by Gasteiger charge is 2.68. The van der Waals surface area contributed by atoms with Crippen LogP contribution in [0.2, 0.25) is 0 Å². The van der Waals surface area contributed by atoms with Crippen LogP contribution in [0.1, 0.15) is 49.3 Å². The summed E-state index contributed by atoms with van der Waals surface area (Å²) in [6.45, 7) is 1.40. The van der Waals surface area contributed by atoms with Crippen LogP contribution in [0.25, 0.3) is 0 Å². The van der Waals surface area contributed by atoms with E-state index in [1.807, 2.05) is 0 Å². The summed E-state index contributed by atoms with van der Waals surface area (Å²) in [5.41, 5.74) is 0.0301. The normalized spacial score (nSPS) is 28.6. The van der Waals surface area contributed by atoms with Crippen LogP contribution in [0.5, 0.6) is 11.5 Å². The van der Waals surface area contributed by atoms with Gasteiger partial charge in [-0.05, 0) is 49.3 Å². The molecule has 2 aromatic rings. The molecular formula is C25H24F3NO5. The lowest BCUT2D eigenvalue weighted by molar-refractivity contribution is -0.175. The third-order valence-electron chi connectivity index (χ3n) is 7.08. The van der Waals surface area contributed by atoms with Gasteiger partial charge in [-0.1, -0.05) is 6.07 Å². The van der Waals surface area contributed by atoms with E-state index in [-0.39, 0.29) is 59.2 Å². The zero-order chi connectivity index (χ0) is 24.3. The number of carbonyl (C=O) groups is 2. The lowest BCUT2D eigenvalue weighted by Gasteiger charge is -2.70. The molecular weight excluding hydrogens is 451 g/mol. The minimum Gasteiger partial charge on any atom is -0.484 e. The number of Topliss-reactive ketones (excluding diaryl/α,β-unsaturated/α-hetero) is 1. The van der Waals surface area contributed by atoms with E-state index in [4.69, 9.17) is 9.47 Å². The monoisotopic (exact) mass is 475 g/mol. The van der Waals surface area contributed by atoms with Gasteiger partial charge in [0.05, 0.1) is 6.10 Å². The largest absolute Gasteiger partial charge is 0.484 e. The second-order valence-electron chi connectivity index (χ2n) is 9.86. The summed E-state index contributed by atoms with van der Waals surface area (Å²) in [6.07, 6.45) is 0.0719. The van der Waals surface area contributed by atoms with Gasteiger partial charge in [0.2, 0.25) is 0 Å². The molecule has 2 aromatic carbocycles. The predicted molar refractivity (Wildman–Crippen MR) is 114 cm³/mol. The first-order valence-corrected chi connectivity index (χ1v) is 11.1. The van der Waals surface area contributed by atoms with Crippen LogP contribution in [0.4, 0.5) is 13.2 Å². The number of aliphatic hydroxyl groups excluding tert-OH is 1. The number of halogens is 3. The Labute approximate surface area is 194 Å². The Morgan fingerprint density at radius 2 is 1.82 bits per heavy atom. The summed E-state index contributed by atoms with van der Waals surface area (Å²) < 4.78 is 51.5. The van der Waals surface area contributed by atoms with Crippen molar-refractivity contribution in [3.05, 3.63) is 58.9 Å². The van der Waals surface area contributed by atoms with Gasteiger partial charge in [-0.3, -0.25) is 9.59 Å². The first kappa shape index (κ1) is 22.7. The fourth-order valence-corrected chi connectivity index (χ4v) is 5.58. The Hall–Kier alpha value is -3.07. The molecule has 0 aromatic heterocycles. The number of aliphatic hydroxyl groups is 1. The van der Waals surface area contributed by atoms with E-state index in [2.05, 4.69) is 5.32 Å². The highest BCUT2D eigenvalue weighted by molar-refractivity contribution is 5.85. The lowest BCUT2D eigenvalue weighted by atomic mass is 9.38. The van der Waals surface area contributed by atoms with E-state index in [0.717, 1.165) is 12.1 Å². The Morgan fingerprint density at radius 3 is 2.53 bits per heavy atom. The maximum absolute atomic E-state index is 13.6. The van der Waals surface area contributed by atoms with Crippen molar-refractivity contribution in [1.29, 1.82) is 0 Å². The lowest BCUT2D eigenvalue weighted by Crippen LogP contribution is -2.75. The molecule has 2 N–H and O–H groups in total. The van der Waals surface area contributed by atoms with Crippen molar-refractivity contribution in [3.63, 3.8) is 0 Å². The molecule has 6 nitrogen and oxygen atoms in total. The molecule has 1 amide bonds. The summed E-state index contributed by atoms with van der Waals surface area (Å²) >= 11 is 0. The van der Waals surface area contributed by atoms with Crippen molar-refractivity contribution in [2.75, 3.05) is 6.61 Å². The van der Waals surface area contributed by atoms with Gasteiger partial charge >= 0.3 is 0 Å². The summed E-state index contributed by atoms with van der Waals surface area (Å²) in [6, 6.07) is 6.15. The van der Waals surface area contributed by atoms with Crippen LogP contribution < -0.4 is 14.8 Å². The third kappa shape index (κ3) is 4.02. The minimum atomic E-state index is -1.12. The maximum Gasteiger partial charge on any atom is 0.258 e. The number of hydrogen-bond acceptors (Lipinski definition) is 5. The second-order valence-corrected chi connectivity index (χ2v) is 9.86. The van der Waals surface area contributed by atoms with E-state index in [1.54, 1.807) is 19.1 Å². The van der Waals surface area contributed by atoms with E-state index >= 15 is 0 Å². The molecule has 180 valence electrons. The molecule has 0 saturated heterocycles. The van der Waals surface area contributed by atoms with Crippen LogP contribution in [0, 0.1) is 29.8 Å². The molecule has 1 heterocycles. The highest BCUT2D eigenvalue weighted by atomic mass is 19.2. The summed E-state index contributed by atoms with van der Waals surface area (Å²) in [5.74, 6) is -2.86. The van der Waals surface area contributed by atoms with Gasteiger partial charge in [0.15, 0.2) is 30.1 Å². The number of carbonyl (C=O) groups excluding carboxylic acids is 2. The number of rotatable bonds is 7. The van der Waals surface area contributed by atoms with Gasteiger partial charge in [0.1, 0.15) is 17.3 Å². The van der Waals surface area contributed by atoms with Gasteiger partial charge in [-0.15, -0.1) is 0 Å². The van der Waals surface area contributed by atoms with Crippen LogP contribution in [-0.4, -0.2) is 35.0 Å². The molecule has 0 spiro atoms. The van der Waals surface area contributed by atoms with Crippen molar-refractivity contribution >= 4 is 11.7 Å². The Morgan fingerprint density at radius 1 is 1.12 bits per heavy atom. The summed E-state index contributed by atoms with van der Waals surface area (Å²) in [7, 11) is 0. The zero-order valence-electron chi connectivity index (χ0n) is 18.5. The standard InChI is InChI=1S/C25H24F3NO5/c1-13-2-3-14(4-16(13)26)33-9-23(32)29-25-10-24(11-25,12-25)8-20(31)22-7-19(30)15-5-17(27)18(28)6-21(15)34-22/h2-6,19,22,30H,7-12H2,1H3,(H,29,32)/t19-,22-,24?,25?/m1/s1. The average molecular weight is 475 g/mol. The second kappa shape index (κ2) is 8.01. The van der Waals surface area contributed by atoms with E-state index in [0.29, 0.717) is 24.8 Å². The molecule has 2 bridgehead atoms. The average Bonchev–Trinajstić information content (AvgIpc) is 2.73. The fourth-order valence-electron chi connectivity index (χ4n) is 5.58. The van der Waals surface area contributed by atoms with Gasteiger partial charge in [-0.25, -0.2) is 13.2 Å². The number of aryl methyl sites for hydroxylation is 1. The van der Waals surface area contributed by atoms with E-state index in [9.17, 15) is 27.9 Å². The number of ether oxygens (including phenoxy) is 2. The Balaban J connectivity index is 1.11. The number of fused-ring (bicyclic) bond motifs is 1. The zero-order valence-corrected chi connectivity index (χ0v) is 18.5. The summed E-state index contributed by atoms with van der Waals surface area (Å²) in [5, 5.41) is 13.2. The molecule has 34 heavy (non-hydrogen) atoms. The fraction of sp³-hybridized carbons (Fsp3) is 0.440. The van der Waals surface area contributed by atoms with E-state index < -0.39 is 29.7 Å². The van der Waals surface area contributed by atoms with Crippen molar-refractivity contribution in [1.82, 2.24) is 5.32 Å². The van der Waals surface area contributed by atoms with Crippen LogP contribution in [0.3, 0.4) is 0 Å². The van der Waals surface area contributed by atoms with Gasteiger partial charge in [0.25, 0.3) is 5.91 Å². The first-order chi connectivity index (χ1) is 16.1. The molecule has 3 saturated carbocycles. The minimum absolute atomic E-state index is 0.0220. The molecule has 0 radical (unpaired) electrons. The summed E-state index contributed by atoms with van der Waals surface area (Å²) in [4.78, 5) is 25.1. The number of amides is 1. The third-order valence-corrected chi connectivity index (χ3v) is 7.08. The smallest absolute Gasteiger partial charge is 0.258 e. The van der Waals surface area contributed by atoms with Gasteiger partial charge in [0, 0.05) is 36.1 Å². The van der Waals surface area contributed by atoms with Crippen LogP contribution in [-0.2, 0) is 9.59 Å². The first-order valence-electron chi connectivity index (χ1n) is 11.1. The molecule has 2 atom stereocenters. The van der Waals surface area contributed by atoms with Crippen LogP contribution in [0.15, 0.2) is 30.3 Å². The topological polar surface area (TPSA) is 84.9 Å². The van der Waals surface area contributed by atoms with Crippen molar-refractivity contribution in [2.45, 2.75) is 56.8 Å². The van der Waals surface area contributed by atoms with Crippen molar-refractivity contribution in [2.24, 2.45) is 5.41 Å². The molecule has 1 aliphatic heterocycles. The quantitative estimate of drug-likeness (QED) is 0.639. The predicted octanol–water partition coefficient (Wildman–Crippen LogP) is 3.67. The SMILES string of the molecule is Cc1ccc(OCC(=O)NC23CC(CC(=O)[C@H]4C[C@@H](O)c5cc(F)c(F)cc5O4)(C2)C3)cc1F. The molecule has 3 fully saturated rings. The molecule has 3 aliphatic carbocycles. The van der Waals surface area contributed by atoms with Gasteiger partial charge < -0.3 is 19.9 Å². The molecule has 6 rings (SSSR count). The van der Waals surface area contributed by atoms with Crippen molar-refractivity contribution < 1.29 is 37.3 Å². The van der Waals surface area contributed by atoms with Crippen molar-refractivity contribution in [3.8, 4) is 11.5 Å². The van der Waals surface area contributed by atoms with Gasteiger partial charge in [-0.2, -0.15) is 0 Å². The molecule has 9 heteroatoms. The molecule has 0 unspecified atom stereocenters. The number of ketones is 1. The number of hydrogen-bond donors (Lipinski definition) is 2.